The maximum atomic E-state index is 12.5. The molecular formula is C22H17N3O4. The molecule has 1 aromatic heterocycles. The lowest BCUT2D eigenvalue weighted by Gasteiger charge is -2.09. The predicted molar refractivity (Wildman–Crippen MR) is 110 cm³/mol. The normalized spacial score (nSPS) is 10.6. The van der Waals surface area contributed by atoms with Crippen LogP contribution in [0.1, 0.15) is 15.9 Å². The summed E-state index contributed by atoms with van der Waals surface area (Å²) in [6.45, 7) is 0.462. The number of carbonyl (C=O) groups excluding carboxylic acids is 1. The number of aromatic amines is 2. The third-order valence-electron chi connectivity index (χ3n) is 4.34. The number of hydrogen-bond acceptors (Lipinski definition) is 4. The number of benzene rings is 3. The first-order valence-corrected chi connectivity index (χ1v) is 8.93. The first kappa shape index (κ1) is 18.2. The van der Waals surface area contributed by atoms with E-state index < -0.39 is 11.1 Å². The molecule has 29 heavy (non-hydrogen) atoms. The topological polar surface area (TPSA) is 104 Å². The summed E-state index contributed by atoms with van der Waals surface area (Å²) >= 11 is 0. The van der Waals surface area contributed by atoms with Crippen LogP contribution in [-0.2, 0) is 6.61 Å². The van der Waals surface area contributed by atoms with E-state index in [2.05, 4.69) is 15.3 Å². The van der Waals surface area contributed by atoms with Gasteiger partial charge in [0.15, 0.2) is 0 Å². The van der Waals surface area contributed by atoms with Crippen LogP contribution in [0.3, 0.4) is 0 Å². The Bertz CT molecular complexity index is 1280. The minimum Gasteiger partial charge on any atom is -0.489 e. The lowest BCUT2D eigenvalue weighted by Crippen LogP contribution is -2.29. The molecule has 1 amide bonds. The summed E-state index contributed by atoms with van der Waals surface area (Å²) in [5.74, 6) is 0.357. The highest BCUT2D eigenvalue weighted by atomic mass is 16.5. The summed E-state index contributed by atoms with van der Waals surface area (Å²) in [4.78, 5) is 40.2. The lowest BCUT2D eigenvalue weighted by molar-refractivity contribution is 0.102. The Morgan fingerprint density at radius 3 is 2.24 bits per heavy atom. The van der Waals surface area contributed by atoms with E-state index in [0.717, 1.165) is 5.56 Å². The second-order valence-corrected chi connectivity index (χ2v) is 6.42. The smallest absolute Gasteiger partial charge is 0.314 e. The van der Waals surface area contributed by atoms with Gasteiger partial charge in [-0.2, -0.15) is 0 Å². The summed E-state index contributed by atoms with van der Waals surface area (Å²) in [6, 6.07) is 21.6. The number of aromatic nitrogens is 2. The van der Waals surface area contributed by atoms with Crippen molar-refractivity contribution < 1.29 is 9.53 Å². The Morgan fingerprint density at radius 2 is 1.52 bits per heavy atom. The number of ether oxygens (including phenoxy) is 1. The molecule has 0 aliphatic heterocycles. The van der Waals surface area contributed by atoms with Crippen molar-refractivity contribution in [3.63, 3.8) is 0 Å². The van der Waals surface area contributed by atoms with Gasteiger partial charge in [-0.1, -0.05) is 30.3 Å². The first-order valence-electron chi connectivity index (χ1n) is 8.93. The number of fused-ring (bicyclic) bond motifs is 1. The summed E-state index contributed by atoms with van der Waals surface area (Å²) in [6.07, 6.45) is 0. The highest BCUT2D eigenvalue weighted by Crippen LogP contribution is 2.18. The number of nitrogens with one attached hydrogen (secondary N) is 3. The number of H-pyrrole nitrogens is 2. The number of rotatable bonds is 5. The molecule has 4 aromatic rings. The third kappa shape index (κ3) is 4.24. The van der Waals surface area contributed by atoms with Gasteiger partial charge in [0.25, 0.3) is 5.91 Å². The molecule has 7 heteroatoms. The molecule has 4 rings (SSSR count). The molecule has 0 bridgehead atoms. The van der Waals surface area contributed by atoms with Gasteiger partial charge >= 0.3 is 11.1 Å². The van der Waals surface area contributed by atoms with Gasteiger partial charge < -0.3 is 20.0 Å². The molecule has 0 unspecified atom stereocenters. The molecule has 3 aromatic carbocycles. The molecule has 144 valence electrons. The first-order chi connectivity index (χ1) is 14.1. The largest absolute Gasteiger partial charge is 0.489 e. The molecule has 0 fully saturated rings. The fourth-order valence-corrected chi connectivity index (χ4v) is 2.83. The highest BCUT2D eigenvalue weighted by Gasteiger charge is 2.09. The standard InChI is InChI=1S/C22H17N3O4/c26-20(15-6-11-18-19(12-15)25-22(28)21(27)24-18)23-16-7-9-17(10-8-16)29-13-14-4-2-1-3-5-14/h1-12H,13H2,(H,23,26)(H,24,27)(H,25,28). The molecule has 0 aliphatic carbocycles. The van der Waals surface area contributed by atoms with Crippen molar-refractivity contribution >= 4 is 22.6 Å². The van der Waals surface area contributed by atoms with Crippen molar-refractivity contribution in [2.75, 3.05) is 5.32 Å². The van der Waals surface area contributed by atoms with Crippen LogP contribution in [-0.4, -0.2) is 15.9 Å². The van der Waals surface area contributed by atoms with Crippen LogP contribution in [0, 0.1) is 0 Å². The van der Waals surface area contributed by atoms with E-state index >= 15 is 0 Å². The molecule has 0 saturated carbocycles. The van der Waals surface area contributed by atoms with E-state index in [-0.39, 0.29) is 5.91 Å². The molecule has 0 aliphatic rings. The Labute approximate surface area is 165 Å². The average molecular weight is 387 g/mol. The van der Waals surface area contributed by atoms with Gasteiger partial charge in [-0.05, 0) is 48.0 Å². The van der Waals surface area contributed by atoms with Crippen molar-refractivity contribution in [1.82, 2.24) is 9.97 Å². The third-order valence-corrected chi connectivity index (χ3v) is 4.34. The van der Waals surface area contributed by atoms with Gasteiger partial charge in [0, 0.05) is 11.3 Å². The van der Waals surface area contributed by atoms with Crippen molar-refractivity contribution in [2.45, 2.75) is 6.61 Å². The zero-order chi connectivity index (χ0) is 20.2. The minimum atomic E-state index is -0.763. The van der Waals surface area contributed by atoms with Crippen LogP contribution in [0.2, 0.25) is 0 Å². The molecule has 0 radical (unpaired) electrons. The minimum absolute atomic E-state index is 0.336. The Balaban J connectivity index is 1.44. The SMILES string of the molecule is O=C(Nc1ccc(OCc2ccccc2)cc1)c1ccc2[nH]c(=O)c(=O)[nH]c2c1. The van der Waals surface area contributed by atoms with Crippen LogP contribution in [0.15, 0.2) is 82.4 Å². The summed E-state index contributed by atoms with van der Waals surface area (Å²) < 4.78 is 5.73. The molecule has 1 heterocycles. The quantitative estimate of drug-likeness (QED) is 0.458. The fourth-order valence-electron chi connectivity index (χ4n) is 2.83. The van der Waals surface area contributed by atoms with Crippen molar-refractivity contribution in [3.8, 4) is 5.75 Å². The van der Waals surface area contributed by atoms with E-state index in [1.165, 1.54) is 6.07 Å². The second-order valence-electron chi connectivity index (χ2n) is 6.42. The van der Waals surface area contributed by atoms with Gasteiger partial charge in [0.2, 0.25) is 0 Å². The van der Waals surface area contributed by atoms with Crippen molar-refractivity contribution in [1.29, 1.82) is 0 Å². The molecule has 0 atom stereocenters. The van der Waals surface area contributed by atoms with E-state index in [9.17, 15) is 14.4 Å². The summed E-state index contributed by atoms with van der Waals surface area (Å²) in [5, 5.41) is 2.79. The fraction of sp³-hybridized carbons (Fsp3) is 0.0455. The van der Waals surface area contributed by atoms with Crippen LogP contribution >= 0.6 is 0 Å². The van der Waals surface area contributed by atoms with E-state index in [0.29, 0.717) is 34.6 Å². The predicted octanol–water partition coefficient (Wildman–Crippen LogP) is 3.05. The number of carbonyl (C=O) groups is 1. The lowest BCUT2D eigenvalue weighted by atomic mass is 10.1. The monoisotopic (exact) mass is 387 g/mol. The summed E-state index contributed by atoms with van der Waals surface area (Å²) in [7, 11) is 0. The Morgan fingerprint density at radius 1 is 0.828 bits per heavy atom. The Kier molecular flexibility index (Phi) is 4.94. The van der Waals surface area contributed by atoms with Crippen LogP contribution < -0.4 is 21.2 Å². The van der Waals surface area contributed by atoms with E-state index in [4.69, 9.17) is 4.74 Å². The maximum Gasteiger partial charge on any atom is 0.314 e. The maximum absolute atomic E-state index is 12.5. The highest BCUT2D eigenvalue weighted by molar-refractivity contribution is 6.05. The van der Waals surface area contributed by atoms with E-state index in [1.807, 2.05) is 30.3 Å². The van der Waals surface area contributed by atoms with Gasteiger partial charge in [-0.25, -0.2) is 0 Å². The Hall–Kier alpha value is -4.13. The summed E-state index contributed by atoms with van der Waals surface area (Å²) in [5.41, 5.74) is 1.37. The van der Waals surface area contributed by atoms with Gasteiger partial charge in [0.05, 0.1) is 11.0 Å². The second kappa shape index (κ2) is 7.85. The van der Waals surface area contributed by atoms with E-state index in [1.54, 1.807) is 36.4 Å². The van der Waals surface area contributed by atoms with Crippen molar-refractivity contribution in [3.05, 3.63) is 105 Å². The molecular weight excluding hydrogens is 370 g/mol. The number of hydrogen-bond donors (Lipinski definition) is 3. The number of amides is 1. The van der Waals surface area contributed by atoms with Crippen LogP contribution in [0.5, 0.6) is 5.75 Å². The average Bonchev–Trinajstić information content (AvgIpc) is 2.74. The van der Waals surface area contributed by atoms with Crippen LogP contribution in [0.25, 0.3) is 11.0 Å². The van der Waals surface area contributed by atoms with Crippen LogP contribution in [0.4, 0.5) is 5.69 Å². The van der Waals surface area contributed by atoms with Gasteiger partial charge in [-0.15, -0.1) is 0 Å². The van der Waals surface area contributed by atoms with Crippen molar-refractivity contribution in [2.24, 2.45) is 0 Å². The zero-order valence-electron chi connectivity index (χ0n) is 15.3. The zero-order valence-corrected chi connectivity index (χ0v) is 15.3. The number of anilines is 1. The molecule has 0 saturated heterocycles. The molecule has 7 nitrogen and oxygen atoms in total. The van der Waals surface area contributed by atoms with Gasteiger partial charge in [0.1, 0.15) is 12.4 Å². The molecule has 3 N–H and O–H groups in total. The van der Waals surface area contributed by atoms with Gasteiger partial charge in [-0.3, -0.25) is 14.4 Å². The molecule has 0 spiro atoms.